The first kappa shape index (κ1) is 13.5. The second-order valence-electron chi connectivity index (χ2n) is 4.88. The SMILES string of the molecule is C#CCCC(OC=O)C1(C)CC(C#N)N(C)C1. The Kier molecular flexibility index (Phi) is 4.54. The van der Waals surface area contributed by atoms with Crippen molar-refractivity contribution in [3.63, 3.8) is 0 Å². The molecule has 1 fully saturated rings. The van der Waals surface area contributed by atoms with Crippen molar-refractivity contribution in [2.24, 2.45) is 5.41 Å². The Labute approximate surface area is 103 Å². The molecule has 0 amide bonds. The molecule has 1 aliphatic rings. The van der Waals surface area contributed by atoms with Crippen LogP contribution < -0.4 is 0 Å². The van der Waals surface area contributed by atoms with Gasteiger partial charge in [-0.25, -0.2) is 0 Å². The minimum Gasteiger partial charge on any atom is -0.464 e. The van der Waals surface area contributed by atoms with Crippen molar-refractivity contribution in [1.29, 1.82) is 5.26 Å². The molecule has 1 aliphatic heterocycles. The quantitative estimate of drug-likeness (QED) is 0.529. The van der Waals surface area contributed by atoms with Gasteiger partial charge in [-0.15, -0.1) is 12.3 Å². The molecule has 92 valence electrons. The van der Waals surface area contributed by atoms with Crippen molar-refractivity contribution in [3.05, 3.63) is 0 Å². The van der Waals surface area contributed by atoms with Crippen LogP contribution in [0.4, 0.5) is 0 Å². The van der Waals surface area contributed by atoms with Gasteiger partial charge >= 0.3 is 0 Å². The zero-order valence-electron chi connectivity index (χ0n) is 10.3. The second-order valence-corrected chi connectivity index (χ2v) is 4.88. The summed E-state index contributed by atoms with van der Waals surface area (Å²) >= 11 is 0. The van der Waals surface area contributed by atoms with Crippen molar-refractivity contribution < 1.29 is 9.53 Å². The Hall–Kier alpha value is -1.52. The van der Waals surface area contributed by atoms with E-state index in [4.69, 9.17) is 16.4 Å². The smallest absolute Gasteiger partial charge is 0.293 e. The van der Waals surface area contributed by atoms with E-state index in [2.05, 4.69) is 12.0 Å². The van der Waals surface area contributed by atoms with Gasteiger partial charge in [-0.1, -0.05) is 6.92 Å². The van der Waals surface area contributed by atoms with Crippen LogP contribution in [0.25, 0.3) is 0 Å². The van der Waals surface area contributed by atoms with Gasteiger partial charge in [0.1, 0.15) is 6.10 Å². The summed E-state index contributed by atoms with van der Waals surface area (Å²) in [5, 5.41) is 9.02. The van der Waals surface area contributed by atoms with Crippen LogP contribution in [0.1, 0.15) is 26.2 Å². The van der Waals surface area contributed by atoms with Gasteiger partial charge < -0.3 is 4.74 Å². The Morgan fingerprint density at radius 3 is 2.94 bits per heavy atom. The topological polar surface area (TPSA) is 53.3 Å². The lowest BCUT2D eigenvalue weighted by Crippen LogP contribution is -2.36. The number of hydrogen-bond acceptors (Lipinski definition) is 4. The molecule has 4 heteroatoms. The molecule has 0 aliphatic carbocycles. The standard InChI is InChI=1S/C13H18N2O2/c1-4-5-6-12(17-10-16)13(2)7-11(8-14)15(3)9-13/h1,10-12H,5-7,9H2,2-3H3. The molecule has 1 heterocycles. The summed E-state index contributed by atoms with van der Waals surface area (Å²) in [5.74, 6) is 2.56. The van der Waals surface area contributed by atoms with Crippen LogP contribution in [0.3, 0.4) is 0 Å². The molecule has 3 unspecified atom stereocenters. The molecule has 3 atom stereocenters. The average molecular weight is 234 g/mol. The predicted molar refractivity (Wildman–Crippen MR) is 63.8 cm³/mol. The Morgan fingerprint density at radius 2 is 2.47 bits per heavy atom. The second kappa shape index (κ2) is 5.70. The summed E-state index contributed by atoms with van der Waals surface area (Å²) < 4.78 is 5.16. The highest BCUT2D eigenvalue weighted by molar-refractivity contribution is 5.37. The van der Waals surface area contributed by atoms with Crippen LogP contribution >= 0.6 is 0 Å². The van der Waals surface area contributed by atoms with Crippen LogP contribution in [0, 0.1) is 29.1 Å². The number of nitriles is 1. The van der Waals surface area contributed by atoms with Gasteiger partial charge in [0.15, 0.2) is 0 Å². The molecule has 0 aromatic rings. The average Bonchev–Trinajstić information content (AvgIpc) is 2.60. The number of ether oxygens (including phenoxy) is 1. The van der Waals surface area contributed by atoms with Gasteiger partial charge in [-0.3, -0.25) is 9.69 Å². The molecule has 4 nitrogen and oxygen atoms in total. The maximum absolute atomic E-state index is 10.6. The maximum Gasteiger partial charge on any atom is 0.293 e. The Balaban J connectivity index is 2.76. The van der Waals surface area contributed by atoms with Crippen LogP contribution in [-0.4, -0.2) is 37.1 Å². The molecule has 0 aromatic carbocycles. The molecule has 0 saturated carbocycles. The third-order valence-corrected chi connectivity index (χ3v) is 3.50. The van der Waals surface area contributed by atoms with E-state index < -0.39 is 0 Å². The van der Waals surface area contributed by atoms with E-state index in [1.165, 1.54) is 0 Å². The molecule has 0 spiro atoms. The summed E-state index contributed by atoms with van der Waals surface area (Å²) in [5.41, 5.74) is -0.188. The first-order valence-electron chi connectivity index (χ1n) is 5.70. The van der Waals surface area contributed by atoms with Crippen molar-refractivity contribution in [1.82, 2.24) is 4.90 Å². The third kappa shape index (κ3) is 2.99. The largest absolute Gasteiger partial charge is 0.464 e. The number of hydrogen-bond donors (Lipinski definition) is 0. The van der Waals surface area contributed by atoms with Gasteiger partial charge in [0.2, 0.25) is 0 Å². The third-order valence-electron chi connectivity index (χ3n) is 3.50. The number of terminal acetylenes is 1. The summed E-state index contributed by atoms with van der Waals surface area (Å²) in [6, 6.07) is 2.16. The number of carbonyl (C=O) groups is 1. The summed E-state index contributed by atoms with van der Waals surface area (Å²) in [7, 11) is 1.91. The zero-order valence-corrected chi connectivity index (χ0v) is 10.3. The van der Waals surface area contributed by atoms with Gasteiger partial charge in [0.25, 0.3) is 6.47 Å². The number of likely N-dealkylation sites (tertiary alicyclic amines) is 1. The molecule has 1 rings (SSSR count). The highest BCUT2D eigenvalue weighted by Crippen LogP contribution is 2.39. The molecular formula is C13H18N2O2. The molecule has 0 bridgehead atoms. The first-order valence-corrected chi connectivity index (χ1v) is 5.70. The van der Waals surface area contributed by atoms with Crippen LogP contribution in [0.15, 0.2) is 0 Å². The molecule has 0 N–H and O–H groups in total. The number of carbonyl (C=O) groups excluding carboxylic acids is 1. The fraction of sp³-hybridized carbons (Fsp3) is 0.692. The van der Waals surface area contributed by atoms with Crippen LogP contribution in [-0.2, 0) is 9.53 Å². The van der Waals surface area contributed by atoms with Crippen molar-refractivity contribution >= 4 is 6.47 Å². The van der Waals surface area contributed by atoms with Gasteiger partial charge in [0, 0.05) is 18.4 Å². The van der Waals surface area contributed by atoms with Gasteiger partial charge in [-0.2, -0.15) is 5.26 Å². The Morgan fingerprint density at radius 1 is 1.76 bits per heavy atom. The van der Waals surface area contributed by atoms with E-state index >= 15 is 0 Å². The monoisotopic (exact) mass is 234 g/mol. The lowest BCUT2D eigenvalue weighted by atomic mass is 9.80. The zero-order chi connectivity index (χ0) is 12.9. The molecule has 0 aromatic heterocycles. The highest BCUT2D eigenvalue weighted by Gasteiger charge is 2.45. The normalized spacial score (nSPS) is 30.2. The molecule has 1 saturated heterocycles. The molecule has 0 radical (unpaired) electrons. The van der Waals surface area contributed by atoms with E-state index in [0.717, 1.165) is 6.54 Å². The van der Waals surface area contributed by atoms with Crippen LogP contribution in [0.5, 0.6) is 0 Å². The van der Waals surface area contributed by atoms with Crippen molar-refractivity contribution in [3.8, 4) is 18.4 Å². The van der Waals surface area contributed by atoms with E-state index in [0.29, 0.717) is 25.7 Å². The van der Waals surface area contributed by atoms with E-state index in [-0.39, 0.29) is 17.6 Å². The summed E-state index contributed by atoms with van der Waals surface area (Å²) in [6.07, 6.45) is 6.97. The summed E-state index contributed by atoms with van der Waals surface area (Å²) in [4.78, 5) is 12.6. The minimum atomic E-state index is -0.211. The Bertz CT molecular complexity index is 355. The highest BCUT2D eigenvalue weighted by atomic mass is 16.5. The van der Waals surface area contributed by atoms with Crippen molar-refractivity contribution in [2.45, 2.75) is 38.3 Å². The minimum absolute atomic E-state index is 0.108. The lowest BCUT2D eigenvalue weighted by molar-refractivity contribution is -0.140. The van der Waals surface area contributed by atoms with Crippen LogP contribution in [0.2, 0.25) is 0 Å². The van der Waals surface area contributed by atoms with Gasteiger partial charge in [0.05, 0.1) is 12.1 Å². The van der Waals surface area contributed by atoms with E-state index in [9.17, 15) is 4.79 Å². The lowest BCUT2D eigenvalue weighted by Gasteiger charge is -2.31. The fourth-order valence-corrected chi connectivity index (χ4v) is 2.58. The van der Waals surface area contributed by atoms with E-state index in [1.807, 2.05) is 18.9 Å². The van der Waals surface area contributed by atoms with Gasteiger partial charge in [-0.05, 0) is 19.9 Å². The van der Waals surface area contributed by atoms with E-state index in [1.54, 1.807) is 0 Å². The number of rotatable bonds is 5. The first-order chi connectivity index (χ1) is 8.07. The molecular weight excluding hydrogens is 216 g/mol. The van der Waals surface area contributed by atoms with Crippen molar-refractivity contribution in [2.75, 3.05) is 13.6 Å². The molecule has 17 heavy (non-hydrogen) atoms. The number of nitrogens with zero attached hydrogens (tertiary/aromatic N) is 2. The summed E-state index contributed by atoms with van der Waals surface area (Å²) in [6.45, 7) is 3.27. The fourth-order valence-electron chi connectivity index (χ4n) is 2.58. The maximum atomic E-state index is 10.6. The predicted octanol–water partition coefficient (Wildman–Crippen LogP) is 1.18.